The number of amides is 2. The van der Waals surface area contributed by atoms with Crippen molar-refractivity contribution in [3.63, 3.8) is 0 Å². The van der Waals surface area contributed by atoms with E-state index in [9.17, 15) is 18.0 Å². The highest BCUT2D eigenvalue weighted by atomic mass is 32.2. The van der Waals surface area contributed by atoms with Crippen LogP contribution >= 0.6 is 0 Å². The molecule has 218 valence electrons. The molecule has 2 fully saturated rings. The van der Waals surface area contributed by atoms with Crippen LogP contribution in [-0.2, 0) is 26.0 Å². The Morgan fingerprint density at radius 2 is 1.65 bits per heavy atom. The van der Waals surface area contributed by atoms with E-state index in [1.165, 1.54) is 26.2 Å². The summed E-state index contributed by atoms with van der Waals surface area (Å²) in [6.07, 6.45) is 6.17. The van der Waals surface area contributed by atoms with Crippen LogP contribution in [0.25, 0.3) is 0 Å². The Labute approximate surface area is 238 Å². The van der Waals surface area contributed by atoms with Gasteiger partial charge in [0.1, 0.15) is 5.75 Å². The summed E-state index contributed by atoms with van der Waals surface area (Å²) < 4.78 is 32.5. The van der Waals surface area contributed by atoms with Gasteiger partial charge in [-0.2, -0.15) is 0 Å². The van der Waals surface area contributed by atoms with Gasteiger partial charge < -0.3 is 15.0 Å². The highest BCUT2D eigenvalue weighted by molar-refractivity contribution is 7.90. The zero-order valence-corrected chi connectivity index (χ0v) is 24.9. The molecule has 1 atom stereocenters. The Morgan fingerprint density at radius 1 is 0.975 bits per heavy atom. The molecule has 2 amide bonds. The van der Waals surface area contributed by atoms with Crippen LogP contribution in [0.15, 0.2) is 42.5 Å². The number of rotatable bonds is 12. The van der Waals surface area contributed by atoms with Crippen LogP contribution in [0, 0.1) is 12.8 Å². The molecule has 1 unspecified atom stereocenters. The van der Waals surface area contributed by atoms with Gasteiger partial charge in [-0.15, -0.1) is 0 Å². The minimum atomic E-state index is -3.67. The van der Waals surface area contributed by atoms with Crippen molar-refractivity contribution >= 4 is 33.2 Å². The quantitative estimate of drug-likeness (QED) is 0.357. The molecule has 2 aromatic rings. The van der Waals surface area contributed by atoms with Crippen LogP contribution in [0.4, 0.5) is 11.4 Å². The molecule has 0 saturated heterocycles. The molecule has 0 spiro atoms. The van der Waals surface area contributed by atoms with Crippen molar-refractivity contribution in [3.8, 4) is 5.75 Å². The van der Waals surface area contributed by atoms with E-state index in [1.807, 2.05) is 37.3 Å². The van der Waals surface area contributed by atoms with Crippen molar-refractivity contribution in [1.29, 1.82) is 0 Å². The summed E-state index contributed by atoms with van der Waals surface area (Å²) in [6, 6.07) is 13.8. The number of carbonyl (C=O) groups excluding carboxylic acids is 2. The molecule has 2 aliphatic carbocycles. The van der Waals surface area contributed by atoms with Crippen molar-refractivity contribution in [3.05, 3.63) is 53.6 Å². The highest BCUT2D eigenvalue weighted by Crippen LogP contribution is 2.36. The normalized spacial score (nSPS) is 16.8. The average Bonchev–Trinajstić information content (AvgIpc) is 3.76. The maximum atomic E-state index is 13.2. The molecule has 2 saturated carbocycles. The van der Waals surface area contributed by atoms with E-state index in [1.54, 1.807) is 12.1 Å². The Hall–Kier alpha value is -3.07. The lowest BCUT2D eigenvalue weighted by molar-refractivity contribution is -0.125. The molecule has 40 heavy (non-hydrogen) atoms. The minimum absolute atomic E-state index is 0.142. The van der Waals surface area contributed by atoms with Gasteiger partial charge in [-0.05, 0) is 63.1 Å². The number of aryl methyl sites for hydroxylation is 1. The van der Waals surface area contributed by atoms with E-state index in [0.717, 1.165) is 36.2 Å². The predicted molar refractivity (Wildman–Crippen MR) is 159 cm³/mol. The third kappa shape index (κ3) is 8.22. The topological polar surface area (TPSA) is 105 Å². The lowest BCUT2D eigenvalue weighted by atomic mass is 9.93. The molecular weight excluding hydrogens is 526 g/mol. The molecule has 0 radical (unpaired) electrons. The second-order valence-electron chi connectivity index (χ2n) is 11.7. The second-order valence-corrected chi connectivity index (χ2v) is 13.7. The number of nitrogens with one attached hydrogen (secondary N) is 2. The van der Waals surface area contributed by atoms with Crippen molar-refractivity contribution < 1.29 is 22.7 Å². The maximum absolute atomic E-state index is 13.2. The first kappa shape index (κ1) is 29.9. The van der Waals surface area contributed by atoms with Crippen LogP contribution in [0.2, 0.25) is 0 Å². The van der Waals surface area contributed by atoms with Crippen molar-refractivity contribution in [2.45, 2.75) is 96.5 Å². The summed E-state index contributed by atoms with van der Waals surface area (Å²) in [6.45, 7) is 8.77. The fourth-order valence-corrected chi connectivity index (χ4v) is 6.57. The lowest BCUT2D eigenvalue weighted by Gasteiger charge is -2.38. The van der Waals surface area contributed by atoms with E-state index in [0.29, 0.717) is 36.2 Å². The number of sulfonamides is 1. The number of benzene rings is 2. The van der Waals surface area contributed by atoms with Gasteiger partial charge >= 0.3 is 0 Å². The summed E-state index contributed by atoms with van der Waals surface area (Å²) in [7, 11) is -3.67. The summed E-state index contributed by atoms with van der Waals surface area (Å²) in [4.78, 5) is 28.2. The van der Waals surface area contributed by atoms with Crippen molar-refractivity contribution in [2.75, 3.05) is 16.8 Å². The number of ether oxygens (including phenoxy) is 1. The molecule has 9 heteroatoms. The Morgan fingerprint density at radius 3 is 2.27 bits per heavy atom. The zero-order valence-electron chi connectivity index (χ0n) is 24.1. The monoisotopic (exact) mass is 569 g/mol. The van der Waals surface area contributed by atoms with Crippen LogP contribution in [0.3, 0.4) is 0 Å². The van der Waals surface area contributed by atoms with Crippen LogP contribution in [0.1, 0.15) is 76.8 Å². The predicted octanol–water partition coefficient (Wildman–Crippen LogP) is 5.35. The Balaban J connectivity index is 1.58. The molecular formula is C31H43N3O5S. The number of carbonyl (C=O) groups is 2. The number of hydrogen-bond acceptors (Lipinski definition) is 6. The maximum Gasteiger partial charge on any atom is 0.274 e. The molecule has 0 heterocycles. The first-order chi connectivity index (χ1) is 19.0. The molecule has 2 aliphatic rings. The van der Waals surface area contributed by atoms with Crippen LogP contribution in [-0.4, -0.2) is 44.2 Å². The Kier molecular flexibility index (Phi) is 9.77. The summed E-state index contributed by atoms with van der Waals surface area (Å²) in [5.74, 6) is -0.0404. The second kappa shape index (κ2) is 13.1. The summed E-state index contributed by atoms with van der Waals surface area (Å²) in [5.41, 5.74) is 3.61. The van der Waals surface area contributed by atoms with Crippen LogP contribution in [0.5, 0.6) is 5.75 Å². The Bertz CT molecular complexity index is 1280. The highest BCUT2D eigenvalue weighted by Gasteiger charge is 2.37. The molecule has 0 bridgehead atoms. The SMILES string of the molecule is Cc1ccc(CC(=O)Nc2cc(OC(C)C(=O)NS(=O)(=O)C3CC3)ccc2N(CC(C)C)C2CCCCC2)cc1. The summed E-state index contributed by atoms with van der Waals surface area (Å²) in [5, 5.41) is 2.62. The fraction of sp³-hybridized carbons (Fsp3) is 0.548. The smallest absolute Gasteiger partial charge is 0.274 e. The van der Waals surface area contributed by atoms with Crippen molar-refractivity contribution in [1.82, 2.24) is 4.72 Å². The average molecular weight is 570 g/mol. The fourth-order valence-electron chi connectivity index (χ4n) is 5.20. The number of anilines is 2. The molecule has 2 N–H and O–H groups in total. The van der Waals surface area contributed by atoms with Gasteiger partial charge in [-0.25, -0.2) is 13.1 Å². The first-order valence-corrected chi connectivity index (χ1v) is 16.0. The number of nitrogens with zero attached hydrogens (tertiary/aromatic N) is 1. The van der Waals surface area contributed by atoms with Gasteiger partial charge in [0.15, 0.2) is 6.10 Å². The number of hydrogen-bond donors (Lipinski definition) is 2. The van der Waals surface area contributed by atoms with E-state index >= 15 is 0 Å². The van der Waals surface area contributed by atoms with Gasteiger partial charge in [0.2, 0.25) is 15.9 Å². The largest absolute Gasteiger partial charge is 0.481 e. The van der Waals surface area contributed by atoms with Gasteiger partial charge in [-0.1, -0.05) is 62.9 Å². The molecule has 2 aromatic carbocycles. The van der Waals surface area contributed by atoms with E-state index in [-0.39, 0.29) is 12.3 Å². The van der Waals surface area contributed by atoms with E-state index < -0.39 is 27.3 Å². The molecule has 4 rings (SSSR count). The molecule has 0 aliphatic heterocycles. The van der Waals surface area contributed by atoms with Crippen LogP contribution < -0.4 is 19.7 Å². The third-order valence-electron chi connectivity index (χ3n) is 7.50. The van der Waals surface area contributed by atoms with Gasteiger partial charge in [-0.3, -0.25) is 9.59 Å². The minimum Gasteiger partial charge on any atom is -0.481 e. The third-order valence-corrected chi connectivity index (χ3v) is 9.34. The van der Waals surface area contributed by atoms with Gasteiger partial charge in [0.25, 0.3) is 5.91 Å². The standard InChI is InChI=1S/C31H43N3O5S/c1-21(2)20-34(25-8-6-5-7-9-25)29-17-14-26(39-23(4)31(36)33-40(37,38)27-15-16-27)19-28(29)32-30(35)18-24-12-10-22(3)11-13-24/h10-14,17,19,21,23,25,27H,5-9,15-16,18,20H2,1-4H3,(H,32,35)(H,33,36). The molecule has 0 aromatic heterocycles. The summed E-state index contributed by atoms with van der Waals surface area (Å²) >= 11 is 0. The van der Waals surface area contributed by atoms with Crippen molar-refractivity contribution in [2.24, 2.45) is 5.92 Å². The molecule has 8 nitrogen and oxygen atoms in total. The first-order valence-electron chi connectivity index (χ1n) is 14.5. The van der Waals surface area contributed by atoms with E-state index in [4.69, 9.17) is 4.74 Å². The van der Waals surface area contributed by atoms with Gasteiger partial charge in [0, 0.05) is 18.7 Å². The zero-order chi connectivity index (χ0) is 28.9. The lowest BCUT2D eigenvalue weighted by Crippen LogP contribution is -2.41. The van der Waals surface area contributed by atoms with Gasteiger partial charge in [0.05, 0.1) is 23.0 Å². The van der Waals surface area contributed by atoms with E-state index in [2.05, 4.69) is 28.8 Å².